The second-order valence-electron chi connectivity index (χ2n) is 3.83. The molecule has 0 amide bonds. The molecular weight excluding hydrogens is 258 g/mol. The number of halogens is 1. The average molecular weight is 274 g/mol. The number of rotatable bonds is 8. The SMILES string of the molecule is O=[N+]([O-])c1cccc(Cl)c1OCCCCCCO. The van der Waals surface area contributed by atoms with E-state index in [1.54, 1.807) is 6.07 Å². The molecular formula is C12H16ClNO4. The van der Waals surface area contributed by atoms with Gasteiger partial charge in [-0.05, 0) is 25.3 Å². The van der Waals surface area contributed by atoms with Gasteiger partial charge in [0.25, 0.3) is 0 Å². The largest absolute Gasteiger partial charge is 0.486 e. The highest BCUT2D eigenvalue weighted by atomic mass is 35.5. The summed E-state index contributed by atoms with van der Waals surface area (Å²) >= 11 is 5.87. The standard InChI is InChI=1S/C12H16ClNO4/c13-10-6-5-7-11(14(16)17)12(10)18-9-4-2-1-3-8-15/h5-7,15H,1-4,8-9H2. The zero-order valence-electron chi connectivity index (χ0n) is 9.97. The summed E-state index contributed by atoms with van der Waals surface area (Å²) < 4.78 is 5.37. The van der Waals surface area contributed by atoms with Crippen LogP contribution in [0.3, 0.4) is 0 Å². The number of unbranched alkanes of at least 4 members (excludes halogenated alkanes) is 3. The van der Waals surface area contributed by atoms with Crippen LogP contribution in [0, 0.1) is 10.1 Å². The van der Waals surface area contributed by atoms with Gasteiger partial charge in [-0.15, -0.1) is 0 Å². The molecule has 100 valence electrons. The Labute approximate surface area is 110 Å². The van der Waals surface area contributed by atoms with Crippen LogP contribution in [0.4, 0.5) is 5.69 Å². The molecule has 0 heterocycles. The molecule has 0 fully saturated rings. The topological polar surface area (TPSA) is 72.6 Å². The predicted molar refractivity (Wildman–Crippen MR) is 69.2 cm³/mol. The molecule has 1 rings (SSSR count). The normalized spacial score (nSPS) is 10.3. The van der Waals surface area contributed by atoms with Crippen molar-refractivity contribution < 1.29 is 14.8 Å². The first-order chi connectivity index (χ1) is 8.66. The van der Waals surface area contributed by atoms with Crippen molar-refractivity contribution in [1.82, 2.24) is 0 Å². The van der Waals surface area contributed by atoms with Crippen LogP contribution in [0.1, 0.15) is 25.7 Å². The minimum atomic E-state index is -0.507. The van der Waals surface area contributed by atoms with E-state index in [1.165, 1.54) is 12.1 Å². The third-order valence-corrected chi connectivity index (χ3v) is 2.74. The molecule has 0 aliphatic heterocycles. The molecule has 0 saturated heterocycles. The van der Waals surface area contributed by atoms with Crippen molar-refractivity contribution in [2.24, 2.45) is 0 Å². The van der Waals surface area contributed by atoms with Crippen LogP contribution in [-0.4, -0.2) is 23.2 Å². The fraction of sp³-hybridized carbons (Fsp3) is 0.500. The Balaban J connectivity index is 2.48. The summed E-state index contributed by atoms with van der Waals surface area (Å²) in [5.41, 5.74) is -0.113. The van der Waals surface area contributed by atoms with Crippen LogP contribution >= 0.6 is 11.6 Å². The fourth-order valence-electron chi connectivity index (χ4n) is 1.53. The van der Waals surface area contributed by atoms with Crippen LogP contribution in [0.2, 0.25) is 5.02 Å². The average Bonchev–Trinajstić information content (AvgIpc) is 2.34. The van der Waals surface area contributed by atoms with Gasteiger partial charge in [-0.25, -0.2) is 0 Å². The minimum absolute atomic E-state index is 0.113. The highest BCUT2D eigenvalue weighted by molar-refractivity contribution is 6.32. The van der Waals surface area contributed by atoms with E-state index in [4.69, 9.17) is 21.4 Å². The Morgan fingerprint density at radius 2 is 2.00 bits per heavy atom. The number of hydrogen-bond acceptors (Lipinski definition) is 4. The predicted octanol–water partition coefficient (Wildman–Crippen LogP) is 3.18. The molecule has 1 aromatic carbocycles. The molecule has 1 N–H and O–H groups in total. The molecule has 1 aromatic rings. The molecule has 18 heavy (non-hydrogen) atoms. The van der Waals surface area contributed by atoms with Crippen molar-refractivity contribution in [2.45, 2.75) is 25.7 Å². The Bertz CT molecular complexity index is 398. The van der Waals surface area contributed by atoms with E-state index in [1.807, 2.05) is 0 Å². The number of para-hydroxylation sites is 1. The lowest BCUT2D eigenvalue weighted by molar-refractivity contribution is -0.385. The van der Waals surface area contributed by atoms with Gasteiger partial charge in [0.15, 0.2) is 0 Å². The monoisotopic (exact) mass is 273 g/mol. The highest BCUT2D eigenvalue weighted by Crippen LogP contribution is 2.34. The fourth-order valence-corrected chi connectivity index (χ4v) is 1.75. The number of hydrogen-bond donors (Lipinski definition) is 1. The molecule has 0 atom stereocenters. The summed E-state index contributed by atoms with van der Waals surface area (Å²) in [5, 5.41) is 19.6. The van der Waals surface area contributed by atoms with E-state index < -0.39 is 4.92 Å². The van der Waals surface area contributed by atoms with Crippen molar-refractivity contribution in [1.29, 1.82) is 0 Å². The van der Waals surface area contributed by atoms with Gasteiger partial charge < -0.3 is 9.84 Å². The second-order valence-corrected chi connectivity index (χ2v) is 4.24. The first-order valence-corrected chi connectivity index (χ1v) is 6.21. The third kappa shape index (κ3) is 4.50. The first kappa shape index (κ1) is 14.7. The summed E-state index contributed by atoms with van der Waals surface area (Å²) in [6, 6.07) is 4.46. The molecule has 0 aliphatic carbocycles. The Hall–Kier alpha value is -1.33. The van der Waals surface area contributed by atoms with Crippen LogP contribution in [0.5, 0.6) is 5.75 Å². The summed E-state index contributed by atoms with van der Waals surface area (Å²) in [7, 11) is 0. The van der Waals surface area contributed by atoms with Crippen molar-refractivity contribution in [2.75, 3.05) is 13.2 Å². The first-order valence-electron chi connectivity index (χ1n) is 5.83. The second kappa shape index (κ2) is 7.89. The van der Waals surface area contributed by atoms with Crippen LogP contribution in [0.25, 0.3) is 0 Å². The lowest BCUT2D eigenvalue weighted by atomic mass is 10.2. The van der Waals surface area contributed by atoms with Gasteiger partial charge in [-0.3, -0.25) is 10.1 Å². The molecule has 0 bridgehead atoms. The van der Waals surface area contributed by atoms with Crippen molar-refractivity contribution in [3.63, 3.8) is 0 Å². The molecule has 6 heteroatoms. The molecule has 0 aliphatic rings. The van der Waals surface area contributed by atoms with E-state index in [0.29, 0.717) is 6.61 Å². The summed E-state index contributed by atoms with van der Waals surface area (Å²) in [6.07, 6.45) is 3.39. The smallest absolute Gasteiger partial charge is 0.312 e. The summed E-state index contributed by atoms with van der Waals surface area (Å²) in [6.45, 7) is 0.576. The van der Waals surface area contributed by atoms with Gasteiger partial charge in [0, 0.05) is 12.7 Å². The van der Waals surface area contributed by atoms with E-state index in [-0.39, 0.29) is 23.1 Å². The quantitative estimate of drug-likeness (QED) is 0.448. The van der Waals surface area contributed by atoms with Crippen LogP contribution < -0.4 is 4.74 Å². The molecule has 0 saturated carbocycles. The van der Waals surface area contributed by atoms with Crippen LogP contribution in [0.15, 0.2) is 18.2 Å². The Morgan fingerprint density at radius 1 is 1.28 bits per heavy atom. The molecule has 0 unspecified atom stereocenters. The number of nitrogens with zero attached hydrogens (tertiary/aromatic N) is 1. The maximum atomic E-state index is 10.8. The maximum Gasteiger partial charge on any atom is 0.312 e. The van der Waals surface area contributed by atoms with Gasteiger partial charge in [0.05, 0.1) is 16.6 Å². The van der Waals surface area contributed by atoms with Gasteiger partial charge in [-0.2, -0.15) is 0 Å². The number of aliphatic hydroxyl groups is 1. The summed E-state index contributed by atoms with van der Waals surface area (Å²) in [4.78, 5) is 10.3. The minimum Gasteiger partial charge on any atom is -0.486 e. The van der Waals surface area contributed by atoms with Crippen molar-refractivity contribution in [3.05, 3.63) is 33.3 Å². The zero-order chi connectivity index (χ0) is 13.4. The van der Waals surface area contributed by atoms with Gasteiger partial charge >= 0.3 is 5.69 Å². The number of aliphatic hydroxyl groups excluding tert-OH is 1. The Kier molecular flexibility index (Phi) is 6.46. The highest BCUT2D eigenvalue weighted by Gasteiger charge is 2.17. The van der Waals surface area contributed by atoms with E-state index in [9.17, 15) is 10.1 Å². The third-order valence-electron chi connectivity index (χ3n) is 2.44. The van der Waals surface area contributed by atoms with Gasteiger partial charge in [0.2, 0.25) is 5.75 Å². The lowest BCUT2D eigenvalue weighted by Crippen LogP contribution is -2.01. The molecule has 0 radical (unpaired) electrons. The van der Waals surface area contributed by atoms with Gasteiger partial charge in [-0.1, -0.05) is 24.1 Å². The van der Waals surface area contributed by atoms with E-state index in [2.05, 4.69) is 0 Å². The lowest BCUT2D eigenvalue weighted by Gasteiger charge is -2.08. The molecule has 0 spiro atoms. The molecule has 0 aromatic heterocycles. The number of nitro groups is 1. The molecule has 5 nitrogen and oxygen atoms in total. The maximum absolute atomic E-state index is 10.8. The van der Waals surface area contributed by atoms with Crippen molar-refractivity contribution >= 4 is 17.3 Å². The van der Waals surface area contributed by atoms with E-state index >= 15 is 0 Å². The number of benzene rings is 1. The zero-order valence-corrected chi connectivity index (χ0v) is 10.7. The van der Waals surface area contributed by atoms with Crippen LogP contribution in [-0.2, 0) is 0 Å². The Morgan fingerprint density at radius 3 is 2.67 bits per heavy atom. The number of ether oxygens (including phenoxy) is 1. The number of nitro benzene ring substituents is 1. The van der Waals surface area contributed by atoms with Crippen molar-refractivity contribution in [3.8, 4) is 5.75 Å². The van der Waals surface area contributed by atoms with E-state index in [0.717, 1.165) is 25.7 Å². The van der Waals surface area contributed by atoms with Gasteiger partial charge in [0.1, 0.15) is 0 Å². The summed E-state index contributed by atoms with van der Waals surface area (Å²) in [5.74, 6) is 0.131.